The Bertz CT molecular complexity index is 552. The average molecular weight is 354 g/mol. The summed E-state index contributed by atoms with van der Waals surface area (Å²) < 4.78 is 11.4. The number of carbonyl (C=O) groups is 1. The zero-order valence-corrected chi connectivity index (χ0v) is 14.5. The SMILES string of the molecule is O=C(NC1CCCCC1)N1CCOC(COc2cncc(Cl)c2)C1. The maximum absolute atomic E-state index is 12.4. The summed E-state index contributed by atoms with van der Waals surface area (Å²) >= 11 is 5.89. The van der Waals surface area contributed by atoms with Crippen molar-refractivity contribution in [3.63, 3.8) is 0 Å². The molecule has 1 saturated heterocycles. The van der Waals surface area contributed by atoms with Crippen molar-refractivity contribution >= 4 is 17.6 Å². The van der Waals surface area contributed by atoms with Gasteiger partial charge in [0.05, 0.1) is 24.4 Å². The predicted molar refractivity (Wildman–Crippen MR) is 91.5 cm³/mol. The summed E-state index contributed by atoms with van der Waals surface area (Å²) in [6.07, 6.45) is 8.90. The van der Waals surface area contributed by atoms with E-state index in [9.17, 15) is 4.79 Å². The Kier molecular flexibility index (Phi) is 6.15. The molecule has 1 aliphatic heterocycles. The number of ether oxygens (including phenoxy) is 2. The number of pyridine rings is 1. The zero-order valence-electron chi connectivity index (χ0n) is 13.7. The summed E-state index contributed by atoms with van der Waals surface area (Å²) in [6, 6.07) is 2.05. The van der Waals surface area contributed by atoms with Crippen molar-refractivity contribution in [2.75, 3.05) is 26.3 Å². The molecule has 1 N–H and O–H groups in total. The molecular weight excluding hydrogens is 330 g/mol. The molecule has 0 spiro atoms. The molecule has 0 aromatic carbocycles. The van der Waals surface area contributed by atoms with Gasteiger partial charge in [0, 0.05) is 24.8 Å². The van der Waals surface area contributed by atoms with Crippen LogP contribution in [0.1, 0.15) is 32.1 Å². The Morgan fingerprint density at radius 2 is 2.21 bits per heavy atom. The van der Waals surface area contributed by atoms with E-state index in [0.717, 1.165) is 12.8 Å². The van der Waals surface area contributed by atoms with E-state index >= 15 is 0 Å². The van der Waals surface area contributed by atoms with Gasteiger partial charge >= 0.3 is 6.03 Å². The number of hydrogen-bond acceptors (Lipinski definition) is 4. The van der Waals surface area contributed by atoms with Gasteiger partial charge in [0.1, 0.15) is 18.5 Å². The molecule has 1 unspecified atom stereocenters. The fraction of sp³-hybridized carbons (Fsp3) is 0.647. The van der Waals surface area contributed by atoms with E-state index in [1.165, 1.54) is 19.3 Å². The van der Waals surface area contributed by atoms with Crippen LogP contribution in [-0.4, -0.2) is 54.4 Å². The van der Waals surface area contributed by atoms with E-state index in [1.54, 1.807) is 18.5 Å². The lowest BCUT2D eigenvalue weighted by Gasteiger charge is -2.34. The first-order valence-electron chi connectivity index (χ1n) is 8.61. The maximum atomic E-state index is 12.4. The van der Waals surface area contributed by atoms with Crippen LogP contribution < -0.4 is 10.1 Å². The summed E-state index contributed by atoms with van der Waals surface area (Å²) in [6.45, 7) is 2.05. The smallest absolute Gasteiger partial charge is 0.317 e. The minimum atomic E-state index is -0.144. The van der Waals surface area contributed by atoms with Crippen molar-refractivity contribution in [2.24, 2.45) is 0 Å². The van der Waals surface area contributed by atoms with Crippen LogP contribution in [0.2, 0.25) is 5.02 Å². The van der Waals surface area contributed by atoms with E-state index < -0.39 is 0 Å². The monoisotopic (exact) mass is 353 g/mol. The van der Waals surface area contributed by atoms with Gasteiger partial charge < -0.3 is 19.7 Å². The molecule has 1 aliphatic carbocycles. The molecular formula is C17H24ClN3O3. The first-order chi connectivity index (χ1) is 11.7. The lowest BCUT2D eigenvalue weighted by Crippen LogP contribution is -2.53. The summed E-state index contributed by atoms with van der Waals surface area (Å²) in [5.41, 5.74) is 0. The van der Waals surface area contributed by atoms with Crippen LogP contribution in [0.25, 0.3) is 0 Å². The fourth-order valence-electron chi connectivity index (χ4n) is 3.18. The number of hydrogen-bond donors (Lipinski definition) is 1. The van der Waals surface area contributed by atoms with Gasteiger partial charge in [-0.05, 0) is 12.8 Å². The normalized spacial score (nSPS) is 22.2. The average Bonchev–Trinajstić information content (AvgIpc) is 2.61. The van der Waals surface area contributed by atoms with Crippen LogP contribution in [0.3, 0.4) is 0 Å². The zero-order chi connectivity index (χ0) is 16.8. The standard InChI is InChI=1S/C17H24ClN3O3/c18-13-8-15(10-19-9-13)24-12-16-11-21(6-7-23-16)17(22)20-14-4-2-1-3-5-14/h8-10,14,16H,1-7,11-12H2,(H,20,22). The van der Waals surface area contributed by atoms with Crippen LogP contribution in [0.15, 0.2) is 18.5 Å². The molecule has 0 radical (unpaired) electrons. The highest BCUT2D eigenvalue weighted by Gasteiger charge is 2.26. The minimum absolute atomic E-state index is 0.0135. The van der Waals surface area contributed by atoms with Crippen molar-refractivity contribution in [1.82, 2.24) is 15.2 Å². The summed E-state index contributed by atoms with van der Waals surface area (Å²) in [4.78, 5) is 18.2. The quantitative estimate of drug-likeness (QED) is 0.904. The molecule has 2 heterocycles. The van der Waals surface area contributed by atoms with Crippen molar-refractivity contribution < 1.29 is 14.3 Å². The third-order valence-electron chi connectivity index (χ3n) is 4.47. The Labute approximate surface area is 147 Å². The third kappa shape index (κ3) is 4.98. The van der Waals surface area contributed by atoms with Crippen LogP contribution in [0.4, 0.5) is 4.79 Å². The largest absolute Gasteiger partial charge is 0.489 e. The van der Waals surface area contributed by atoms with Gasteiger partial charge in [0.15, 0.2) is 0 Å². The molecule has 132 valence electrons. The summed E-state index contributed by atoms with van der Waals surface area (Å²) in [5, 5.41) is 3.69. The van der Waals surface area contributed by atoms with Gasteiger partial charge in [-0.2, -0.15) is 0 Å². The van der Waals surface area contributed by atoms with Crippen molar-refractivity contribution in [3.05, 3.63) is 23.5 Å². The highest BCUT2D eigenvalue weighted by Crippen LogP contribution is 2.19. The van der Waals surface area contributed by atoms with Crippen molar-refractivity contribution in [1.29, 1.82) is 0 Å². The molecule has 0 bridgehead atoms. The second-order valence-corrected chi connectivity index (χ2v) is 6.81. The Morgan fingerprint density at radius 3 is 3.00 bits per heavy atom. The van der Waals surface area contributed by atoms with E-state index in [-0.39, 0.29) is 12.1 Å². The third-order valence-corrected chi connectivity index (χ3v) is 4.68. The predicted octanol–water partition coefficient (Wildman–Crippen LogP) is 2.86. The van der Waals surface area contributed by atoms with E-state index in [1.807, 2.05) is 4.90 Å². The van der Waals surface area contributed by atoms with Gasteiger partial charge in [-0.1, -0.05) is 30.9 Å². The highest BCUT2D eigenvalue weighted by molar-refractivity contribution is 6.30. The molecule has 2 aliphatic rings. The Morgan fingerprint density at radius 1 is 1.38 bits per heavy atom. The number of urea groups is 1. The number of rotatable bonds is 4. The number of amides is 2. The van der Waals surface area contributed by atoms with Crippen LogP contribution in [0, 0.1) is 0 Å². The van der Waals surface area contributed by atoms with Gasteiger partial charge in [0.2, 0.25) is 0 Å². The second-order valence-electron chi connectivity index (χ2n) is 6.37. The molecule has 1 aromatic rings. The summed E-state index contributed by atoms with van der Waals surface area (Å²) in [7, 11) is 0. The van der Waals surface area contributed by atoms with Crippen LogP contribution >= 0.6 is 11.6 Å². The summed E-state index contributed by atoms with van der Waals surface area (Å²) in [5.74, 6) is 0.606. The molecule has 2 amide bonds. The van der Waals surface area contributed by atoms with Crippen molar-refractivity contribution in [3.8, 4) is 5.75 Å². The molecule has 7 heteroatoms. The lowest BCUT2D eigenvalue weighted by atomic mass is 9.96. The van der Waals surface area contributed by atoms with E-state index in [4.69, 9.17) is 21.1 Å². The molecule has 1 aromatic heterocycles. The fourth-order valence-corrected chi connectivity index (χ4v) is 3.34. The van der Waals surface area contributed by atoms with Crippen LogP contribution in [0.5, 0.6) is 5.75 Å². The van der Waals surface area contributed by atoms with Gasteiger partial charge in [-0.15, -0.1) is 0 Å². The van der Waals surface area contributed by atoms with Crippen LogP contribution in [-0.2, 0) is 4.74 Å². The number of halogens is 1. The van der Waals surface area contributed by atoms with E-state index in [2.05, 4.69) is 10.3 Å². The first kappa shape index (κ1) is 17.3. The Hall–Kier alpha value is -1.53. The Balaban J connectivity index is 1.45. The molecule has 24 heavy (non-hydrogen) atoms. The molecule has 1 saturated carbocycles. The number of carbonyl (C=O) groups excluding carboxylic acids is 1. The molecule has 1 atom stereocenters. The second kappa shape index (κ2) is 8.53. The number of nitrogens with zero attached hydrogens (tertiary/aromatic N) is 2. The topological polar surface area (TPSA) is 63.7 Å². The number of aromatic nitrogens is 1. The van der Waals surface area contributed by atoms with Crippen molar-refractivity contribution in [2.45, 2.75) is 44.2 Å². The molecule has 3 rings (SSSR count). The number of nitrogens with one attached hydrogen (secondary N) is 1. The van der Waals surface area contributed by atoms with E-state index in [0.29, 0.717) is 43.1 Å². The van der Waals surface area contributed by atoms with Gasteiger partial charge in [-0.3, -0.25) is 4.98 Å². The minimum Gasteiger partial charge on any atom is -0.489 e. The number of morpholine rings is 1. The molecule has 2 fully saturated rings. The highest BCUT2D eigenvalue weighted by atomic mass is 35.5. The van der Waals surface area contributed by atoms with Gasteiger partial charge in [0.25, 0.3) is 0 Å². The molecule has 6 nitrogen and oxygen atoms in total. The maximum Gasteiger partial charge on any atom is 0.317 e. The first-order valence-corrected chi connectivity index (χ1v) is 8.99. The lowest BCUT2D eigenvalue weighted by molar-refractivity contribution is -0.0356. The van der Waals surface area contributed by atoms with Gasteiger partial charge in [-0.25, -0.2) is 4.79 Å².